The minimum atomic E-state index is -0.0552. The molecule has 18 heavy (non-hydrogen) atoms. The van der Waals surface area contributed by atoms with Gasteiger partial charge in [0.1, 0.15) is 0 Å². The molecule has 0 unspecified atom stereocenters. The Hall–Kier alpha value is -1.91. The Morgan fingerprint density at radius 1 is 1.39 bits per heavy atom. The van der Waals surface area contributed by atoms with E-state index in [-0.39, 0.29) is 12.5 Å². The highest BCUT2D eigenvalue weighted by molar-refractivity contribution is 5.39. The highest BCUT2D eigenvalue weighted by Crippen LogP contribution is 2.26. The zero-order valence-corrected chi connectivity index (χ0v) is 10.3. The van der Waals surface area contributed by atoms with Gasteiger partial charge in [-0.25, -0.2) is 0 Å². The number of para-hydroxylation sites is 2. The normalized spacial score (nSPS) is 11.4. The number of azide groups is 1. The quantitative estimate of drug-likeness (QED) is 0.437. The van der Waals surface area contributed by atoms with Crippen LogP contribution in [0, 0.1) is 5.92 Å². The lowest BCUT2D eigenvalue weighted by Gasteiger charge is -2.15. The highest BCUT2D eigenvalue weighted by Gasteiger charge is 2.10. The van der Waals surface area contributed by atoms with E-state index in [0.29, 0.717) is 31.1 Å². The number of hydrogen-bond donors (Lipinski definition) is 1. The van der Waals surface area contributed by atoms with Crippen molar-refractivity contribution in [3.8, 4) is 11.5 Å². The molecule has 0 saturated heterocycles. The van der Waals surface area contributed by atoms with Crippen molar-refractivity contribution < 1.29 is 14.6 Å². The van der Waals surface area contributed by atoms with Gasteiger partial charge in [-0.1, -0.05) is 17.2 Å². The topological polar surface area (TPSA) is 87.5 Å². The molecule has 6 heteroatoms. The SMILES string of the molecule is COc1ccccc1OC[C@@H](CO)CCN=[N+]=[N-]. The van der Waals surface area contributed by atoms with Crippen LogP contribution in [0.5, 0.6) is 11.5 Å². The van der Waals surface area contributed by atoms with Gasteiger partial charge in [0.05, 0.1) is 13.7 Å². The number of rotatable bonds is 8. The van der Waals surface area contributed by atoms with Gasteiger partial charge in [-0.15, -0.1) is 0 Å². The van der Waals surface area contributed by atoms with E-state index < -0.39 is 0 Å². The number of aliphatic hydroxyl groups is 1. The van der Waals surface area contributed by atoms with Gasteiger partial charge in [-0.3, -0.25) is 0 Å². The van der Waals surface area contributed by atoms with E-state index in [1.54, 1.807) is 13.2 Å². The molecule has 0 saturated carbocycles. The predicted octanol–water partition coefficient (Wildman–Crippen LogP) is 2.38. The van der Waals surface area contributed by atoms with E-state index >= 15 is 0 Å². The number of nitrogens with zero attached hydrogens (tertiary/aromatic N) is 3. The molecule has 0 aliphatic rings. The van der Waals surface area contributed by atoms with Gasteiger partial charge < -0.3 is 14.6 Å². The van der Waals surface area contributed by atoms with Crippen molar-refractivity contribution in [1.29, 1.82) is 0 Å². The molecule has 0 aromatic heterocycles. The smallest absolute Gasteiger partial charge is 0.161 e. The largest absolute Gasteiger partial charge is 0.493 e. The Bertz CT molecular complexity index is 405. The summed E-state index contributed by atoms with van der Waals surface area (Å²) in [5.74, 6) is 1.24. The molecular formula is C12H17N3O3. The van der Waals surface area contributed by atoms with E-state index in [9.17, 15) is 5.11 Å². The van der Waals surface area contributed by atoms with Crippen molar-refractivity contribution in [3.05, 3.63) is 34.7 Å². The Balaban J connectivity index is 2.48. The molecule has 1 N–H and O–H groups in total. The molecule has 0 amide bonds. The molecule has 98 valence electrons. The van der Waals surface area contributed by atoms with E-state index in [2.05, 4.69) is 10.0 Å². The summed E-state index contributed by atoms with van der Waals surface area (Å²) in [5, 5.41) is 12.6. The molecular weight excluding hydrogens is 234 g/mol. The summed E-state index contributed by atoms with van der Waals surface area (Å²) in [6, 6.07) is 7.33. The van der Waals surface area contributed by atoms with E-state index in [0.717, 1.165) is 0 Å². The monoisotopic (exact) mass is 251 g/mol. The number of ether oxygens (including phenoxy) is 2. The van der Waals surface area contributed by atoms with Gasteiger partial charge in [-0.05, 0) is 24.1 Å². The summed E-state index contributed by atoms with van der Waals surface area (Å²) in [5.41, 5.74) is 8.18. The summed E-state index contributed by atoms with van der Waals surface area (Å²) in [6.45, 7) is 0.713. The van der Waals surface area contributed by atoms with Gasteiger partial charge in [0.25, 0.3) is 0 Å². The second kappa shape index (κ2) is 8.22. The molecule has 1 rings (SSSR count). The second-order valence-corrected chi connectivity index (χ2v) is 3.75. The predicted molar refractivity (Wildman–Crippen MR) is 67.7 cm³/mol. The first-order valence-corrected chi connectivity index (χ1v) is 5.69. The third kappa shape index (κ3) is 4.53. The first kappa shape index (κ1) is 14.2. The molecule has 0 radical (unpaired) electrons. The van der Waals surface area contributed by atoms with Crippen molar-refractivity contribution in [1.82, 2.24) is 0 Å². The highest BCUT2D eigenvalue weighted by atomic mass is 16.5. The van der Waals surface area contributed by atoms with Gasteiger partial charge in [0.15, 0.2) is 11.5 Å². The third-order valence-electron chi connectivity index (χ3n) is 2.50. The first-order valence-electron chi connectivity index (χ1n) is 5.69. The third-order valence-corrected chi connectivity index (χ3v) is 2.50. The van der Waals surface area contributed by atoms with Crippen LogP contribution in [0.25, 0.3) is 10.4 Å². The van der Waals surface area contributed by atoms with Crippen molar-refractivity contribution in [3.63, 3.8) is 0 Å². The molecule has 6 nitrogen and oxygen atoms in total. The Kier molecular flexibility index (Phi) is 6.46. The second-order valence-electron chi connectivity index (χ2n) is 3.75. The molecule has 0 spiro atoms. The van der Waals surface area contributed by atoms with Gasteiger partial charge in [0, 0.05) is 24.0 Å². The average Bonchev–Trinajstić information content (AvgIpc) is 2.43. The zero-order chi connectivity index (χ0) is 13.2. The maximum Gasteiger partial charge on any atom is 0.161 e. The average molecular weight is 251 g/mol. The number of methoxy groups -OCH3 is 1. The van der Waals surface area contributed by atoms with Gasteiger partial charge in [0.2, 0.25) is 0 Å². The number of benzene rings is 1. The van der Waals surface area contributed by atoms with Crippen LogP contribution in [0.3, 0.4) is 0 Å². The molecule has 0 bridgehead atoms. The van der Waals surface area contributed by atoms with E-state index in [4.69, 9.17) is 15.0 Å². The first-order chi connectivity index (χ1) is 8.81. The molecule has 0 aliphatic heterocycles. The summed E-state index contributed by atoms with van der Waals surface area (Å²) in [7, 11) is 1.58. The fourth-order valence-corrected chi connectivity index (χ4v) is 1.46. The molecule has 1 aromatic rings. The minimum Gasteiger partial charge on any atom is -0.493 e. The van der Waals surface area contributed by atoms with Crippen molar-refractivity contribution >= 4 is 0 Å². The van der Waals surface area contributed by atoms with Crippen LogP contribution < -0.4 is 9.47 Å². The lowest BCUT2D eigenvalue weighted by atomic mass is 10.1. The standard InChI is InChI=1S/C12H17N3O3/c1-17-11-4-2-3-5-12(11)18-9-10(8-16)6-7-14-15-13/h2-5,10,16H,6-9H2,1H3/t10-/m1/s1. The maximum absolute atomic E-state index is 9.18. The molecule has 1 atom stereocenters. The Morgan fingerprint density at radius 3 is 2.72 bits per heavy atom. The minimum absolute atomic E-state index is 0.00387. The van der Waals surface area contributed by atoms with E-state index in [1.807, 2.05) is 18.2 Å². The van der Waals surface area contributed by atoms with Gasteiger partial charge >= 0.3 is 0 Å². The Morgan fingerprint density at radius 2 is 2.11 bits per heavy atom. The summed E-state index contributed by atoms with van der Waals surface area (Å²) < 4.78 is 10.7. The van der Waals surface area contributed by atoms with Gasteiger partial charge in [-0.2, -0.15) is 0 Å². The molecule has 0 fully saturated rings. The van der Waals surface area contributed by atoms with Crippen molar-refractivity contribution in [2.45, 2.75) is 6.42 Å². The number of aliphatic hydroxyl groups excluding tert-OH is 1. The molecule has 0 aliphatic carbocycles. The molecule has 1 aromatic carbocycles. The van der Waals surface area contributed by atoms with Crippen molar-refractivity contribution in [2.24, 2.45) is 11.0 Å². The van der Waals surface area contributed by atoms with Crippen LogP contribution in [0.1, 0.15) is 6.42 Å². The summed E-state index contributed by atoms with van der Waals surface area (Å²) in [4.78, 5) is 2.67. The van der Waals surface area contributed by atoms with Crippen LogP contribution >= 0.6 is 0 Å². The van der Waals surface area contributed by atoms with Crippen LogP contribution in [-0.2, 0) is 0 Å². The lowest BCUT2D eigenvalue weighted by molar-refractivity contribution is 0.155. The van der Waals surface area contributed by atoms with Crippen LogP contribution in [0.2, 0.25) is 0 Å². The zero-order valence-electron chi connectivity index (χ0n) is 10.3. The lowest BCUT2D eigenvalue weighted by Crippen LogP contribution is -2.17. The molecule has 0 heterocycles. The fraction of sp³-hybridized carbons (Fsp3) is 0.500. The Labute approximate surface area is 106 Å². The summed E-state index contributed by atoms with van der Waals surface area (Å²) >= 11 is 0. The van der Waals surface area contributed by atoms with E-state index in [1.165, 1.54) is 0 Å². The van der Waals surface area contributed by atoms with Crippen LogP contribution in [0.15, 0.2) is 29.4 Å². The fourth-order valence-electron chi connectivity index (χ4n) is 1.46. The maximum atomic E-state index is 9.18. The van der Waals surface area contributed by atoms with Crippen LogP contribution in [-0.4, -0.2) is 32.0 Å². The number of hydrogen-bond acceptors (Lipinski definition) is 4. The summed E-state index contributed by atoms with van der Waals surface area (Å²) in [6.07, 6.45) is 0.593. The van der Waals surface area contributed by atoms with Crippen LogP contribution in [0.4, 0.5) is 0 Å². The van der Waals surface area contributed by atoms with Crippen molar-refractivity contribution in [2.75, 3.05) is 26.9 Å².